The standard InChI is InChI=1S/C21H26N2O3/c1-4-19(21(25)22-3)23(14-17-8-6-5-7-9-17)20(24)15-26-18-12-10-16(2)11-13-18/h5-13,19H,4,14-15H2,1-3H3,(H,22,25). The van der Waals surface area contributed by atoms with Crippen molar-refractivity contribution in [2.45, 2.75) is 32.9 Å². The van der Waals surface area contributed by atoms with Crippen molar-refractivity contribution in [3.63, 3.8) is 0 Å². The van der Waals surface area contributed by atoms with Gasteiger partial charge < -0.3 is 15.0 Å². The molecule has 0 fully saturated rings. The van der Waals surface area contributed by atoms with Crippen LogP contribution in [0.3, 0.4) is 0 Å². The smallest absolute Gasteiger partial charge is 0.261 e. The van der Waals surface area contributed by atoms with Crippen molar-refractivity contribution >= 4 is 11.8 Å². The molecule has 0 bridgehead atoms. The van der Waals surface area contributed by atoms with E-state index in [4.69, 9.17) is 4.74 Å². The molecule has 1 atom stereocenters. The zero-order valence-electron chi connectivity index (χ0n) is 15.6. The predicted octanol–water partition coefficient (Wildman–Crippen LogP) is 2.93. The van der Waals surface area contributed by atoms with Gasteiger partial charge in [0.05, 0.1) is 0 Å². The van der Waals surface area contributed by atoms with Crippen molar-refractivity contribution in [1.29, 1.82) is 0 Å². The third-order valence-corrected chi connectivity index (χ3v) is 4.21. The van der Waals surface area contributed by atoms with E-state index in [-0.39, 0.29) is 18.4 Å². The topological polar surface area (TPSA) is 58.6 Å². The quantitative estimate of drug-likeness (QED) is 0.793. The molecule has 5 nitrogen and oxygen atoms in total. The highest BCUT2D eigenvalue weighted by molar-refractivity contribution is 5.88. The molecule has 0 radical (unpaired) electrons. The van der Waals surface area contributed by atoms with Gasteiger partial charge in [0.1, 0.15) is 11.8 Å². The summed E-state index contributed by atoms with van der Waals surface area (Å²) in [6.45, 7) is 4.14. The average molecular weight is 354 g/mol. The molecule has 0 aliphatic rings. The Morgan fingerprint density at radius 2 is 1.73 bits per heavy atom. The molecule has 0 saturated heterocycles. The van der Waals surface area contributed by atoms with E-state index in [1.165, 1.54) is 0 Å². The zero-order chi connectivity index (χ0) is 18.9. The maximum absolute atomic E-state index is 12.8. The first kappa shape index (κ1) is 19.5. The lowest BCUT2D eigenvalue weighted by Crippen LogP contribution is -2.49. The summed E-state index contributed by atoms with van der Waals surface area (Å²) in [4.78, 5) is 26.7. The number of nitrogens with zero attached hydrogens (tertiary/aromatic N) is 1. The van der Waals surface area contributed by atoms with Gasteiger partial charge in [-0.3, -0.25) is 9.59 Å². The van der Waals surface area contributed by atoms with Crippen LogP contribution in [0.2, 0.25) is 0 Å². The molecule has 1 unspecified atom stereocenters. The largest absolute Gasteiger partial charge is 0.484 e. The van der Waals surface area contributed by atoms with Crippen LogP contribution < -0.4 is 10.1 Å². The van der Waals surface area contributed by atoms with E-state index in [2.05, 4.69) is 5.32 Å². The number of aryl methyl sites for hydroxylation is 1. The number of amides is 2. The molecule has 5 heteroatoms. The van der Waals surface area contributed by atoms with Crippen molar-refractivity contribution in [2.75, 3.05) is 13.7 Å². The minimum Gasteiger partial charge on any atom is -0.484 e. The van der Waals surface area contributed by atoms with Crippen molar-refractivity contribution in [3.05, 3.63) is 65.7 Å². The minimum atomic E-state index is -0.533. The summed E-state index contributed by atoms with van der Waals surface area (Å²) < 4.78 is 5.63. The number of likely N-dealkylation sites (N-methyl/N-ethyl adjacent to an activating group) is 1. The van der Waals surface area contributed by atoms with Crippen LogP contribution in [0.4, 0.5) is 0 Å². The molecule has 0 saturated carbocycles. The lowest BCUT2D eigenvalue weighted by atomic mass is 10.1. The van der Waals surface area contributed by atoms with E-state index in [1.807, 2.05) is 68.4 Å². The number of carbonyl (C=O) groups excluding carboxylic acids is 2. The predicted molar refractivity (Wildman–Crippen MR) is 102 cm³/mol. The molecular weight excluding hydrogens is 328 g/mol. The van der Waals surface area contributed by atoms with E-state index >= 15 is 0 Å². The highest BCUT2D eigenvalue weighted by atomic mass is 16.5. The van der Waals surface area contributed by atoms with Gasteiger partial charge in [0.2, 0.25) is 5.91 Å². The Morgan fingerprint density at radius 3 is 2.31 bits per heavy atom. The Balaban J connectivity index is 2.13. The monoisotopic (exact) mass is 354 g/mol. The molecular formula is C21H26N2O3. The third kappa shape index (κ3) is 5.34. The van der Waals surface area contributed by atoms with E-state index in [1.54, 1.807) is 11.9 Å². The summed E-state index contributed by atoms with van der Waals surface area (Å²) in [6.07, 6.45) is 0.531. The Morgan fingerprint density at radius 1 is 1.08 bits per heavy atom. The molecule has 26 heavy (non-hydrogen) atoms. The fraction of sp³-hybridized carbons (Fsp3) is 0.333. The molecule has 0 heterocycles. The van der Waals surface area contributed by atoms with Crippen LogP contribution in [0.25, 0.3) is 0 Å². The molecule has 2 aromatic carbocycles. The first-order valence-corrected chi connectivity index (χ1v) is 8.79. The maximum atomic E-state index is 12.8. The first-order valence-electron chi connectivity index (χ1n) is 8.79. The minimum absolute atomic E-state index is 0.108. The van der Waals surface area contributed by atoms with Gasteiger partial charge in [0.25, 0.3) is 5.91 Å². The van der Waals surface area contributed by atoms with Gasteiger partial charge in [0, 0.05) is 13.6 Å². The normalized spacial score (nSPS) is 11.5. The number of ether oxygens (including phenoxy) is 1. The lowest BCUT2D eigenvalue weighted by molar-refractivity contribution is -0.142. The zero-order valence-corrected chi connectivity index (χ0v) is 15.6. The van der Waals surface area contributed by atoms with Crippen LogP contribution in [-0.4, -0.2) is 36.4 Å². The van der Waals surface area contributed by atoms with Crippen molar-refractivity contribution in [3.8, 4) is 5.75 Å². The van der Waals surface area contributed by atoms with Crippen LogP contribution in [0, 0.1) is 6.92 Å². The summed E-state index contributed by atoms with van der Waals surface area (Å²) in [5, 5.41) is 2.64. The fourth-order valence-electron chi connectivity index (χ4n) is 2.73. The van der Waals surface area contributed by atoms with E-state index in [0.717, 1.165) is 11.1 Å². The van der Waals surface area contributed by atoms with Gasteiger partial charge in [-0.2, -0.15) is 0 Å². The molecule has 2 rings (SSSR count). The second-order valence-corrected chi connectivity index (χ2v) is 6.15. The summed E-state index contributed by atoms with van der Waals surface area (Å²) in [7, 11) is 1.58. The van der Waals surface area contributed by atoms with Gasteiger partial charge in [-0.05, 0) is 31.0 Å². The van der Waals surface area contributed by atoms with Crippen LogP contribution in [-0.2, 0) is 16.1 Å². The Kier molecular flexibility index (Phi) is 7.21. The van der Waals surface area contributed by atoms with Crippen molar-refractivity contribution in [1.82, 2.24) is 10.2 Å². The molecule has 0 aliphatic heterocycles. The Bertz CT molecular complexity index is 714. The van der Waals surface area contributed by atoms with E-state index in [9.17, 15) is 9.59 Å². The number of hydrogen-bond acceptors (Lipinski definition) is 3. The number of nitrogens with one attached hydrogen (secondary N) is 1. The van der Waals surface area contributed by atoms with Gasteiger partial charge in [-0.15, -0.1) is 0 Å². The van der Waals surface area contributed by atoms with Crippen LogP contribution in [0.5, 0.6) is 5.75 Å². The highest BCUT2D eigenvalue weighted by Crippen LogP contribution is 2.15. The summed E-state index contributed by atoms with van der Waals surface area (Å²) in [5.74, 6) is 0.244. The van der Waals surface area contributed by atoms with E-state index < -0.39 is 6.04 Å². The summed E-state index contributed by atoms with van der Waals surface area (Å²) >= 11 is 0. The molecule has 138 valence electrons. The molecule has 1 N–H and O–H groups in total. The molecule has 0 aliphatic carbocycles. The fourth-order valence-corrected chi connectivity index (χ4v) is 2.73. The van der Waals surface area contributed by atoms with Gasteiger partial charge in [0.15, 0.2) is 6.61 Å². The number of rotatable bonds is 8. The molecule has 2 amide bonds. The second-order valence-electron chi connectivity index (χ2n) is 6.15. The summed E-state index contributed by atoms with van der Waals surface area (Å²) in [6, 6.07) is 16.6. The Hall–Kier alpha value is -2.82. The van der Waals surface area contributed by atoms with Gasteiger partial charge in [-0.25, -0.2) is 0 Å². The number of benzene rings is 2. The first-order chi connectivity index (χ1) is 12.5. The van der Waals surface area contributed by atoms with Gasteiger partial charge >= 0.3 is 0 Å². The van der Waals surface area contributed by atoms with Crippen LogP contribution in [0.15, 0.2) is 54.6 Å². The highest BCUT2D eigenvalue weighted by Gasteiger charge is 2.28. The van der Waals surface area contributed by atoms with Crippen molar-refractivity contribution < 1.29 is 14.3 Å². The SMILES string of the molecule is CCC(C(=O)NC)N(Cc1ccccc1)C(=O)COc1ccc(C)cc1. The second kappa shape index (κ2) is 9.61. The lowest BCUT2D eigenvalue weighted by Gasteiger charge is -2.30. The van der Waals surface area contributed by atoms with E-state index in [0.29, 0.717) is 18.7 Å². The molecule has 0 spiro atoms. The van der Waals surface area contributed by atoms with Crippen molar-refractivity contribution in [2.24, 2.45) is 0 Å². The average Bonchev–Trinajstić information content (AvgIpc) is 2.67. The molecule has 2 aromatic rings. The number of hydrogen-bond donors (Lipinski definition) is 1. The number of carbonyl (C=O) groups is 2. The van der Waals surface area contributed by atoms with Crippen LogP contribution in [0.1, 0.15) is 24.5 Å². The summed E-state index contributed by atoms with van der Waals surface area (Å²) in [5.41, 5.74) is 2.10. The maximum Gasteiger partial charge on any atom is 0.261 e. The third-order valence-electron chi connectivity index (χ3n) is 4.21. The van der Waals surface area contributed by atoms with Crippen LogP contribution >= 0.6 is 0 Å². The molecule has 0 aromatic heterocycles. The Labute approximate surface area is 155 Å². The van der Waals surface area contributed by atoms with Gasteiger partial charge in [-0.1, -0.05) is 55.0 Å².